The number of amides is 4. The van der Waals surface area contributed by atoms with Crippen LogP contribution in [0.4, 0.5) is 14.9 Å². The third kappa shape index (κ3) is 8.07. The Hall–Kier alpha value is -2.62. The van der Waals surface area contributed by atoms with Gasteiger partial charge < -0.3 is 15.8 Å². The number of urea groups is 1. The average molecular weight is 399 g/mol. The molecule has 0 spiro atoms. The lowest BCUT2D eigenvalue weighted by molar-refractivity contribution is -0.157. The van der Waals surface area contributed by atoms with E-state index in [1.54, 1.807) is 13.8 Å². The van der Waals surface area contributed by atoms with Crippen LogP contribution in [-0.4, -0.2) is 40.9 Å². The van der Waals surface area contributed by atoms with E-state index in [2.05, 4.69) is 5.32 Å². The lowest BCUT2D eigenvalue weighted by atomic mass is 10.1. The Labute approximate surface area is 160 Å². The molecule has 0 saturated carbocycles. The molecule has 148 valence electrons. The second kappa shape index (κ2) is 10.5. The largest absolute Gasteiger partial charge is 0.451 e. The van der Waals surface area contributed by atoms with Gasteiger partial charge in [0.25, 0.3) is 5.91 Å². The number of hydrogen-bond acceptors (Lipinski definition) is 6. The van der Waals surface area contributed by atoms with Crippen molar-refractivity contribution in [1.29, 1.82) is 0 Å². The molecule has 27 heavy (non-hydrogen) atoms. The highest BCUT2D eigenvalue weighted by atomic mass is 32.2. The summed E-state index contributed by atoms with van der Waals surface area (Å²) >= 11 is 1.01. The molecule has 1 aromatic carbocycles. The molecule has 0 saturated heterocycles. The number of benzene rings is 1. The highest BCUT2D eigenvalue weighted by Gasteiger charge is 2.29. The number of imide groups is 1. The summed E-state index contributed by atoms with van der Waals surface area (Å²) in [4.78, 5) is 46.7. The van der Waals surface area contributed by atoms with Crippen LogP contribution in [0.25, 0.3) is 0 Å². The fourth-order valence-electron chi connectivity index (χ4n) is 1.90. The number of nitrogens with two attached hydrogens (primary N) is 1. The lowest BCUT2D eigenvalue weighted by Crippen LogP contribution is -2.46. The zero-order valence-corrected chi connectivity index (χ0v) is 16.0. The molecule has 0 aliphatic carbocycles. The van der Waals surface area contributed by atoms with E-state index in [4.69, 9.17) is 10.5 Å². The van der Waals surface area contributed by atoms with Gasteiger partial charge in [-0.05, 0) is 37.1 Å². The standard InChI is InChI=1S/C17H22FN3O5S/c1-9(2)14(15(23)21-17(19)25)26-16(24)10(3)27-8-13(22)20-12-6-4-11(18)5-7-12/h4-7,9-10,14H,8H2,1-3H3,(H,20,22)(H3,19,21,23,25)/t10-,14-/m0/s1. The molecule has 0 fully saturated rings. The predicted octanol–water partition coefficient (Wildman–Crippen LogP) is 1.65. The van der Waals surface area contributed by atoms with Crippen LogP contribution in [0.3, 0.4) is 0 Å². The highest BCUT2D eigenvalue weighted by Crippen LogP contribution is 2.17. The van der Waals surface area contributed by atoms with Crippen molar-refractivity contribution < 1.29 is 28.3 Å². The molecule has 0 radical (unpaired) electrons. The number of ether oxygens (including phenoxy) is 1. The molecule has 8 nitrogen and oxygen atoms in total. The smallest absolute Gasteiger partial charge is 0.319 e. The van der Waals surface area contributed by atoms with Crippen molar-refractivity contribution in [3.8, 4) is 0 Å². The molecule has 2 atom stereocenters. The highest BCUT2D eigenvalue weighted by molar-refractivity contribution is 8.01. The van der Waals surface area contributed by atoms with Gasteiger partial charge in [-0.2, -0.15) is 0 Å². The molecule has 4 N–H and O–H groups in total. The third-order valence-electron chi connectivity index (χ3n) is 3.28. The number of rotatable bonds is 8. The van der Waals surface area contributed by atoms with Gasteiger partial charge in [-0.3, -0.25) is 19.7 Å². The Morgan fingerprint density at radius 1 is 1.15 bits per heavy atom. The molecule has 0 heterocycles. The minimum Gasteiger partial charge on any atom is -0.451 e. The van der Waals surface area contributed by atoms with Crippen LogP contribution in [0, 0.1) is 11.7 Å². The van der Waals surface area contributed by atoms with Crippen LogP contribution in [0.5, 0.6) is 0 Å². The topological polar surface area (TPSA) is 128 Å². The average Bonchev–Trinajstić information content (AvgIpc) is 2.58. The normalized spacial score (nSPS) is 12.8. The molecule has 0 aliphatic rings. The maximum absolute atomic E-state index is 12.8. The maximum Gasteiger partial charge on any atom is 0.319 e. The van der Waals surface area contributed by atoms with Gasteiger partial charge in [-0.1, -0.05) is 13.8 Å². The van der Waals surface area contributed by atoms with Crippen molar-refractivity contribution >= 4 is 41.3 Å². The van der Waals surface area contributed by atoms with Crippen molar-refractivity contribution in [1.82, 2.24) is 5.32 Å². The fourth-order valence-corrected chi connectivity index (χ4v) is 2.57. The van der Waals surface area contributed by atoms with Crippen molar-refractivity contribution in [3.63, 3.8) is 0 Å². The molecule has 1 aromatic rings. The second-order valence-corrected chi connectivity index (χ2v) is 7.29. The van der Waals surface area contributed by atoms with Crippen LogP contribution in [0.15, 0.2) is 24.3 Å². The maximum atomic E-state index is 12.8. The number of carbonyl (C=O) groups is 4. The fraction of sp³-hybridized carbons (Fsp3) is 0.412. The molecule has 0 unspecified atom stereocenters. The van der Waals surface area contributed by atoms with Gasteiger partial charge in [-0.25, -0.2) is 9.18 Å². The van der Waals surface area contributed by atoms with Gasteiger partial charge in [0.05, 0.1) is 5.75 Å². The van der Waals surface area contributed by atoms with Crippen molar-refractivity contribution in [2.75, 3.05) is 11.1 Å². The Bertz CT molecular complexity index is 696. The number of anilines is 1. The lowest BCUT2D eigenvalue weighted by Gasteiger charge is -2.21. The molecular weight excluding hydrogens is 377 g/mol. The number of hydrogen-bond donors (Lipinski definition) is 3. The molecule has 1 rings (SSSR count). The first kappa shape index (κ1) is 22.4. The number of primary amides is 1. The van der Waals surface area contributed by atoms with Crippen LogP contribution >= 0.6 is 11.8 Å². The van der Waals surface area contributed by atoms with Crippen molar-refractivity contribution in [2.24, 2.45) is 11.7 Å². The van der Waals surface area contributed by atoms with E-state index in [1.165, 1.54) is 31.2 Å². The summed E-state index contributed by atoms with van der Waals surface area (Å²) in [6, 6.07) is 4.22. The Morgan fingerprint density at radius 2 is 1.74 bits per heavy atom. The van der Waals surface area contributed by atoms with Gasteiger partial charge in [-0.15, -0.1) is 11.8 Å². The van der Waals surface area contributed by atoms with Crippen LogP contribution in [0.1, 0.15) is 20.8 Å². The summed E-state index contributed by atoms with van der Waals surface area (Å²) in [6.07, 6.45) is -1.18. The summed E-state index contributed by atoms with van der Waals surface area (Å²) < 4.78 is 18.0. The first-order valence-electron chi connectivity index (χ1n) is 8.08. The van der Waals surface area contributed by atoms with E-state index < -0.39 is 35.1 Å². The van der Waals surface area contributed by atoms with Gasteiger partial charge >= 0.3 is 12.0 Å². The number of carbonyl (C=O) groups excluding carboxylic acids is 4. The van der Waals surface area contributed by atoms with Gasteiger partial charge in [0.15, 0.2) is 6.10 Å². The minimum atomic E-state index is -1.18. The Kier molecular flexibility index (Phi) is 8.73. The van der Waals surface area contributed by atoms with Crippen molar-refractivity contribution in [2.45, 2.75) is 32.1 Å². The summed E-state index contributed by atoms with van der Waals surface area (Å²) in [5.41, 5.74) is 5.32. The molecule has 0 bridgehead atoms. The first-order valence-corrected chi connectivity index (χ1v) is 9.12. The van der Waals surface area contributed by atoms with E-state index in [0.29, 0.717) is 5.69 Å². The number of esters is 1. The summed E-state index contributed by atoms with van der Waals surface area (Å²) in [5, 5.41) is 3.71. The van der Waals surface area contributed by atoms with Crippen LogP contribution in [0.2, 0.25) is 0 Å². The first-order chi connectivity index (χ1) is 12.6. The zero-order chi connectivity index (χ0) is 20.6. The SMILES string of the molecule is CC(C)[C@H](OC(=O)[C@H](C)SCC(=O)Nc1ccc(F)cc1)C(=O)NC(N)=O. The summed E-state index contributed by atoms with van der Waals surface area (Å²) in [7, 11) is 0. The monoisotopic (exact) mass is 399 g/mol. The predicted molar refractivity (Wildman–Crippen MR) is 99.4 cm³/mol. The summed E-state index contributed by atoms with van der Waals surface area (Å²) in [6.45, 7) is 4.82. The molecule has 0 aromatic heterocycles. The van der Waals surface area contributed by atoms with Crippen molar-refractivity contribution in [3.05, 3.63) is 30.1 Å². The van der Waals surface area contributed by atoms with E-state index in [9.17, 15) is 23.6 Å². The van der Waals surface area contributed by atoms with Gasteiger partial charge in [0.2, 0.25) is 5.91 Å². The number of thioether (sulfide) groups is 1. The molecule has 4 amide bonds. The van der Waals surface area contributed by atoms with E-state index >= 15 is 0 Å². The van der Waals surface area contributed by atoms with Gasteiger partial charge in [0.1, 0.15) is 11.1 Å². The summed E-state index contributed by atoms with van der Waals surface area (Å²) in [5.74, 6) is -2.73. The van der Waals surface area contributed by atoms with E-state index in [-0.39, 0.29) is 17.6 Å². The third-order valence-corrected chi connectivity index (χ3v) is 4.40. The minimum absolute atomic E-state index is 0.0481. The zero-order valence-electron chi connectivity index (χ0n) is 15.2. The van der Waals surface area contributed by atoms with E-state index in [0.717, 1.165) is 11.8 Å². The Morgan fingerprint density at radius 3 is 2.26 bits per heavy atom. The Balaban J connectivity index is 2.52. The number of nitrogens with one attached hydrogen (secondary N) is 2. The van der Waals surface area contributed by atoms with E-state index in [1.807, 2.05) is 5.32 Å². The van der Waals surface area contributed by atoms with Crippen LogP contribution in [-0.2, 0) is 19.1 Å². The quantitative estimate of drug-likeness (QED) is 0.570. The molecule has 10 heteroatoms. The second-order valence-electron chi connectivity index (χ2n) is 5.96. The molecular formula is C17H22FN3O5S. The van der Waals surface area contributed by atoms with Crippen LogP contribution < -0.4 is 16.4 Å². The molecule has 0 aliphatic heterocycles. The number of halogens is 1. The van der Waals surface area contributed by atoms with Gasteiger partial charge in [0, 0.05) is 5.69 Å².